The largest absolute Gasteiger partial charge is 0.467 e. The van der Waals surface area contributed by atoms with Crippen LogP contribution in [0, 0.1) is 0 Å². The van der Waals surface area contributed by atoms with Gasteiger partial charge in [-0.05, 0) is 0 Å². The molecule has 0 aromatic heterocycles. The van der Waals surface area contributed by atoms with Gasteiger partial charge >= 0.3 is 5.97 Å². The first-order valence-corrected chi connectivity index (χ1v) is 5.24. The van der Waals surface area contributed by atoms with Gasteiger partial charge in [-0.25, -0.2) is 4.79 Å². The van der Waals surface area contributed by atoms with Crippen LogP contribution in [0.5, 0.6) is 0 Å². The molecule has 0 aromatic rings. The zero-order valence-electron chi connectivity index (χ0n) is 11.1. The average molecular weight is 250 g/mol. The van der Waals surface area contributed by atoms with Crippen molar-refractivity contribution in [2.24, 2.45) is 0 Å². The first kappa shape index (κ1) is 16.3. The predicted octanol–water partition coefficient (Wildman–Crippen LogP) is 0.243. The highest BCUT2D eigenvalue weighted by molar-refractivity contribution is 5.79. The first-order valence-electron chi connectivity index (χ1n) is 5.24. The first-order chi connectivity index (χ1) is 8.10. The summed E-state index contributed by atoms with van der Waals surface area (Å²) < 4.78 is 25.3. The van der Waals surface area contributed by atoms with E-state index in [1.807, 2.05) is 0 Å². The Balaban J connectivity index is 4.81. The van der Waals surface area contributed by atoms with Gasteiger partial charge in [-0.1, -0.05) is 0 Å². The summed E-state index contributed by atoms with van der Waals surface area (Å²) >= 11 is 0. The third-order valence-electron chi connectivity index (χ3n) is 2.57. The summed E-state index contributed by atoms with van der Waals surface area (Å²) in [6.07, 6.45) is 0.0307. The van der Waals surface area contributed by atoms with E-state index >= 15 is 0 Å². The Kier molecular flexibility index (Phi) is 8.07. The van der Waals surface area contributed by atoms with Crippen LogP contribution in [-0.2, 0) is 28.5 Å². The van der Waals surface area contributed by atoms with E-state index in [0.717, 1.165) is 0 Å². The fraction of sp³-hybridized carbons (Fsp3) is 0.909. The molecule has 0 heterocycles. The van der Waals surface area contributed by atoms with Crippen molar-refractivity contribution in [2.75, 3.05) is 48.8 Å². The fourth-order valence-corrected chi connectivity index (χ4v) is 1.61. The van der Waals surface area contributed by atoms with Crippen molar-refractivity contribution >= 4 is 5.97 Å². The molecular weight excluding hydrogens is 228 g/mol. The monoisotopic (exact) mass is 250 g/mol. The van der Waals surface area contributed by atoms with Gasteiger partial charge in [0, 0.05) is 34.9 Å². The number of ether oxygens (including phenoxy) is 5. The Morgan fingerprint density at radius 2 is 1.76 bits per heavy atom. The van der Waals surface area contributed by atoms with E-state index in [1.54, 1.807) is 14.2 Å². The van der Waals surface area contributed by atoms with Crippen LogP contribution in [-0.4, -0.2) is 66.4 Å². The zero-order chi connectivity index (χ0) is 13.3. The Bertz CT molecular complexity index is 220. The number of carbonyl (C=O) groups excluding carboxylic acids is 1. The molecule has 0 aliphatic heterocycles. The lowest BCUT2D eigenvalue weighted by Gasteiger charge is -2.31. The van der Waals surface area contributed by atoms with Gasteiger partial charge in [-0.2, -0.15) is 0 Å². The smallest absolute Gasteiger partial charge is 0.340 e. The Hall–Kier alpha value is -0.690. The molecular formula is C11H22O6. The summed E-state index contributed by atoms with van der Waals surface area (Å²) in [5.41, 5.74) is -1.16. The number of esters is 1. The Labute approximate surface area is 102 Å². The molecule has 0 unspecified atom stereocenters. The second-order valence-corrected chi connectivity index (χ2v) is 3.64. The van der Waals surface area contributed by atoms with Gasteiger partial charge in [0.2, 0.25) is 0 Å². The minimum absolute atomic E-state index is 0.0970. The maximum Gasteiger partial charge on any atom is 0.340 e. The maximum absolute atomic E-state index is 11.8. The Morgan fingerprint density at radius 1 is 1.12 bits per heavy atom. The molecule has 102 valence electrons. The van der Waals surface area contributed by atoms with Crippen LogP contribution < -0.4 is 0 Å². The van der Waals surface area contributed by atoms with Gasteiger partial charge in [-0.15, -0.1) is 0 Å². The van der Waals surface area contributed by atoms with Crippen LogP contribution in [0.2, 0.25) is 0 Å². The SMILES string of the molecule is COC[C@H](C[C@](COC)(OC)C(=O)OC)OC. The third kappa shape index (κ3) is 4.59. The number of methoxy groups -OCH3 is 5. The molecule has 0 amide bonds. The Morgan fingerprint density at radius 3 is 2.12 bits per heavy atom. The van der Waals surface area contributed by atoms with Crippen LogP contribution in [0.1, 0.15) is 6.42 Å². The van der Waals surface area contributed by atoms with E-state index in [0.29, 0.717) is 13.0 Å². The van der Waals surface area contributed by atoms with Crippen molar-refractivity contribution in [3.8, 4) is 0 Å². The van der Waals surface area contributed by atoms with Crippen LogP contribution >= 0.6 is 0 Å². The van der Waals surface area contributed by atoms with E-state index in [4.69, 9.17) is 23.7 Å². The molecule has 17 heavy (non-hydrogen) atoms. The van der Waals surface area contributed by atoms with Crippen LogP contribution in [0.4, 0.5) is 0 Å². The van der Waals surface area contributed by atoms with Gasteiger partial charge in [0.15, 0.2) is 5.60 Å². The minimum atomic E-state index is -1.16. The van der Waals surface area contributed by atoms with Gasteiger partial charge in [0.05, 0.1) is 26.4 Å². The molecule has 0 fully saturated rings. The quantitative estimate of drug-likeness (QED) is 0.546. The van der Waals surface area contributed by atoms with E-state index < -0.39 is 11.6 Å². The number of rotatable bonds is 9. The average Bonchev–Trinajstić information content (AvgIpc) is 2.36. The summed E-state index contributed by atoms with van der Waals surface area (Å²) in [6, 6.07) is 0. The van der Waals surface area contributed by atoms with Crippen molar-refractivity contribution in [3.05, 3.63) is 0 Å². The van der Waals surface area contributed by atoms with Gasteiger partial charge in [-0.3, -0.25) is 0 Å². The fourth-order valence-electron chi connectivity index (χ4n) is 1.61. The molecule has 0 bridgehead atoms. The van der Waals surface area contributed by atoms with Gasteiger partial charge in [0.1, 0.15) is 0 Å². The highest BCUT2D eigenvalue weighted by Crippen LogP contribution is 2.21. The molecule has 0 N–H and O–H groups in total. The molecule has 0 radical (unpaired) electrons. The topological polar surface area (TPSA) is 63.2 Å². The minimum Gasteiger partial charge on any atom is -0.467 e. The van der Waals surface area contributed by atoms with Gasteiger partial charge in [0.25, 0.3) is 0 Å². The summed E-state index contributed by atoms with van der Waals surface area (Å²) in [6.45, 7) is 0.460. The molecule has 0 aliphatic rings. The lowest BCUT2D eigenvalue weighted by molar-refractivity contribution is -0.179. The molecule has 0 saturated carbocycles. The predicted molar refractivity (Wildman–Crippen MR) is 60.9 cm³/mol. The molecule has 6 heteroatoms. The van der Waals surface area contributed by atoms with Crippen molar-refractivity contribution in [3.63, 3.8) is 0 Å². The van der Waals surface area contributed by atoms with E-state index in [1.165, 1.54) is 21.3 Å². The van der Waals surface area contributed by atoms with E-state index in [-0.39, 0.29) is 12.7 Å². The zero-order valence-corrected chi connectivity index (χ0v) is 11.1. The van der Waals surface area contributed by atoms with Gasteiger partial charge < -0.3 is 23.7 Å². The molecule has 0 rings (SSSR count). The molecule has 0 aliphatic carbocycles. The molecule has 0 spiro atoms. The maximum atomic E-state index is 11.8. The summed E-state index contributed by atoms with van der Waals surface area (Å²) in [7, 11) is 7.36. The molecule has 2 atom stereocenters. The second-order valence-electron chi connectivity index (χ2n) is 3.64. The van der Waals surface area contributed by atoms with Crippen LogP contribution in [0.25, 0.3) is 0 Å². The van der Waals surface area contributed by atoms with E-state index in [2.05, 4.69) is 0 Å². The van der Waals surface area contributed by atoms with Crippen LogP contribution in [0.15, 0.2) is 0 Å². The lowest BCUT2D eigenvalue weighted by Crippen LogP contribution is -2.49. The normalized spacial score (nSPS) is 16.3. The molecule has 6 nitrogen and oxygen atoms in total. The number of hydrogen-bond acceptors (Lipinski definition) is 6. The number of hydrogen-bond donors (Lipinski definition) is 0. The van der Waals surface area contributed by atoms with Crippen molar-refractivity contribution in [1.82, 2.24) is 0 Å². The van der Waals surface area contributed by atoms with Crippen molar-refractivity contribution < 1.29 is 28.5 Å². The molecule has 0 saturated heterocycles. The summed E-state index contributed by atoms with van der Waals surface area (Å²) in [5, 5.41) is 0. The standard InChI is InChI=1S/C11H22O6/c1-13-7-9(15-3)6-11(17-5,8-14-2)10(12)16-4/h9H,6-8H2,1-5H3/t9-,11+/m0/s1. The second kappa shape index (κ2) is 8.41. The molecule has 0 aromatic carbocycles. The lowest BCUT2D eigenvalue weighted by atomic mass is 9.96. The van der Waals surface area contributed by atoms with Crippen molar-refractivity contribution in [2.45, 2.75) is 18.1 Å². The van der Waals surface area contributed by atoms with E-state index in [9.17, 15) is 4.79 Å². The highest BCUT2D eigenvalue weighted by atomic mass is 16.6. The van der Waals surface area contributed by atoms with Crippen LogP contribution in [0.3, 0.4) is 0 Å². The number of carbonyl (C=O) groups is 1. The van der Waals surface area contributed by atoms with Crippen molar-refractivity contribution in [1.29, 1.82) is 0 Å². The summed E-state index contributed by atoms with van der Waals surface area (Å²) in [4.78, 5) is 11.8. The summed E-state index contributed by atoms with van der Waals surface area (Å²) in [5.74, 6) is -0.486. The highest BCUT2D eigenvalue weighted by Gasteiger charge is 2.42. The third-order valence-corrected chi connectivity index (χ3v) is 2.57.